The Kier molecular flexibility index (Phi) is 2.37. The number of hydrogen-bond donors (Lipinski definition) is 0. The summed E-state index contributed by atoms with van der Waals surface area (Å²) >= 11 is 5.56. The lowest BCUT2D eigenvalue weighted by Crippen LogP contribution is -2.38. The quantitative estimate of drug-likeness (QED) is 0.552. The van der Waals surface area contributed by atoms with E-state index in [9.17, 15) is 5.21 Å². The third-order valence-electron chi connectivity index (χ3n) is 1.86. The molecule has 0 aliphatic heterocycles. The van der Waals surface area contributed by atoms with E-state index in [1.165, 1.54) is 11.0 Å². The van der Waals surface area contributed by atoms with Crippen LogP contribution in [0.1, 0.15) is 5.56 Å². The van der Waals surface area contributed by atoms with Crippen molar-refractivity contribution in [3.63, 3.8) is 0 Å². The highest BCUT2D eigenvalue weighted by Crippen LogP contribution is 2.01. The van der Waals surface area contributed by atoms with E-state index in [1.807, 2.05) is 30.3 Å². The fourth-order valence-corrected chi connectivity index (χ4v) is 1.30. The van der Waals surface area contributed by atoms with Crippen molar-refractivity contribution < 1.29 is 4.85 Å². The van der Waals surface area contributed by atoms with Gasteiger partial charge in [-0.3, -0.25) is 0 Å². The molecule has 4 nitrogen and oxygen atoms in total. The Morgan fingerprint density at radius 1 is 1.36 bits per heavy atom. The van der Waals surface area contributed by atoms with Gasteiger partial charge in [-0.25, -0.2) is 0 Å². The molecule has 0 N–H and O–H groups in total. The maximum Gasteiger partial charge on any atom is 0.264 e. The summed E-state index contributed by atoms with van der Waals surface area (Å²) in [6, 6.07) is 9.60. The molecule has 0 spiro atoms. The zero-order valence-corrected chi connectivity index (χ0v) is 8.05. The minimum atomic E-state index is 0.0842. The Morgan fingerprint density at radius 3 is 2.64 bits per heavy atom. The van der Waals surface area contributed by atoms with E-state index in [-0.39, 0.29) is 5.15 Å². The SMILES string of the molecule is [O-][n+]1c(Cl)cnn1Cc1ccccc1. The summed E-state index contributed by atoms with van der Waals surface area (Å²) in [5, 5.41) is 15.2. The molecular formula is C9H8ClN3O. The van der Waals surface area contributed by atoms with Crippen LogP contribution in [0.5, 0.6) is 0 Å². The van der Waals surface area contributed by atoms with Crippen LogP contribution in [0.25, 0.3) is 0 Å². The predicted octanol–water partition coefficient (Wildman–Crippen LogP) is 1.22. The molecule has 1 heterocycles. The standard InChI is InChI=1S/C9H8ClN3O/c10-9-6-11-12(13(9)14)7-8-4-2-1-3-5-8/h1-6H,7H2. The van der Waals surface area contributed by atoms with E-state index in [2.05, 4.69) is 5.10 Å². The van der Waals surface area contributed by atoms with Crippen molar-refractivity contribution >= 4 is 11.6 Å². The summed E-state index contributed by atoms with van der Waals surface area (Å²) in [5.41, 5.74) is 1.01. The fraction of sp³-hybridized carbons (Fsp3) is 0.111. The maximum absolute atomic E-state index is 11.3. The first-order valence-corrected chi connectivity index (χ1v) is 4.50. The number of hydrogen-bond acceptors (Lipinski definition) is 2. The average molecular weight is 210 g/mol. The molecule has 2 aromatic rings. The van der Waals surface area contributed by atoms with Crippen LogP contribution in [0.2, 0.25) is 5.15 Å². The highest BCUT2D eigenvalue weighted by Gasteiger charge is 2.09. The van der Waals surface area contributed by atoms with Crippen LogP contribution in [-0.2, 0) is 6.54 Å². The number of rotatable bonds is 2. The first-order valence-electron chi connectivity index (χ1n) is 4.12. The topological polar surface area (TPSA) is 44.8 Å². The third-order valence-corrected chi connectivity index (χ3v) is 2.10. The summed E-state index contributed by atoms with van der Waals surface area (Å²) in [7, 11) is 0. The monoisotopic (exact) mass is 209 g/mol. The minimum Gasteiger partial charge on any atom is -0.691 e. The third kappa shape index (κ3) is 1.70. The van der Waals surface area contributed by atoms with Crippen molar-refractivity contribution in [1.29, 1.82) is 0 Å². The van der Waals surface area contributed by atoms with Crippen LogP contribution in [0.4, 0.5) is 0 Å². The first-order chi connectivity index (χ1) is 6.77. The number of nitrogens with zero attached hydrogens (tertiary/aromatic N) is 3. The van der Waals surface area contributed by atoms with E-state index >= 15 is 0 Å². The largest absolute Gasteiger partial charge is 0.691 e. The van der Waals surface area contributed by atoms with Gasteiger partial charge in [-0.15, -0.1) is 4.85 Å². The van der Waals surface area contributed by atoms with Gasteiger partial charge < -0.3 is 5.21 Å². The van der Waals surface area contributed by atoms with Crippen molar-refractivity contribution in [3.8, 4) is 0 Å². The molecule has 0 bridgehead atoms. The lowest BCUT2D eigenvalue weighted by atomic mass is 10.2. The molecule has 0 radical (unpaired) electrons. The molecule has 0 unspecified atom stereocenters. The molecule has 0 fully saturated rings. The van der Waals surface area contributed by atoms with Crippen molar-refractivity contribution in [2.24, 2.45) is 0 Å². The van der Waals surface area contributed by atoms with Crippen molar-refractivity contribution in [3.05, 3.63) is 52.5 Å². The van der Waals surface area contributed by atoms with Crippen LogP contribution in [0.15, 0.2) is 36.5 Å². The van der Waals surface area contributed by atoms with Gasteiger partial charge in [0.15, 0.2) is 0 Å². The fourth-order valence-electron chi connectivity index (χ4n) is 1.17. The van der Waals surface area contributed by atoms with Crippen LogP contribution in [0, 0.1) is 5.21 Å². The molecule has 0 amide bonds. The molecule has 0 saturated carbocycles. The van der Waals surface area contributed by atoms with Gasteiger partial charge in [-0.05, 0) is 22.0 Å². The normalized spacial score (nSPS) is 10.4. The van der Waals surface area contributed by atoms with Crippen LogP contribution in [-0.4, -0.2) is 9.90 Å². The van der Waals surface area contributed by atoms with Crippen LogP contribution >= 0.6 is 11.6 Å². The molecular weight excluding hydrogens is 202 g/mol. The van der Waals surface area contributed by atoms with Crippen molar-refractivity contribution in [2.45, 2.75) is 6.54 Å². The summed E-state index contributed by atoms with van der Waals surface area (Å²) in [6.07, 6.45) is 1.33. The van der Waals surface area contributed by atoms with E-state index in [4.69, 9.17) is 11.6 Å². The predicted molar refractivity (Wildman–Crippen MR) is 51.7 cm³/mol. The Hall–Kier alpha value is -1.55. The zero-order valence-electron chi connectivity index (χ0n) is 7.30. The first kappa shape index (κ1) is 9.02. The number of benzene rings is 1. The van der Waals surface area contributed by atoms with Gasteiger partial charge in [0.05, 0.1) is 0 Å². The molecule has 14 heavy (non-hydrogen) atoms. The molecule has 72 valence electrons. The van der Waals surface area contributed by atoms with Crippen LogP contribution in [0.3, 0.4) is 0 Å². The highest BCUT2D eigenvalue weighted by molar-refractivity contribution is 6.28. The summed E-state index contributed by atoms with van der Waals surface area (Å²) in [4.78, 5) is 1.83. The van der Waals surface area contributed by atoms with E-state index in [1.54, 1.807) is 0 Å². The van der Waals surface area contributed by atoms with E-state index in [0.717, 1.165) is 5.56 Å². The molecule has 1 aromatic carbocycles. The van der Waals surface area contributed by atoms with Gasteiger partial charge in [0, 0.05) is 5.10 Å². The molecule has 0 atom stereocenters. The Labute approximate surface area is 85.9 Å². The summed E-state index contributed by atoms with van der Waals surface area (Å²) < 4.78 is 0. The van der Waals surface area contributed by atoms with Gasteiger partial charge >= 0.3 is 0 Å². The summed E-state index contributed by atoms with van der Waals surface area (Å²) in [5.74, 6) is 0. The summed E-state index contributed by atoms with van der Waals surface area (Å²) in [6.45, 7) is 0.428. The smallest absolute Gasteiger partial charge is 0.264 e. The molecule has 5 heteroatoms. The number of halogens is 1. The van der Waals surface area contributed by atoms with Gasteiger partial charge in [0.2, 0.25) is 6.20 Å². The molecule has 0 saturated heterocycles. The minimum absolute atomic E-state index is 0.0842. The second-order valence-corrected chi connectivity index (χ2v) is 3.24. The second kappa shape index (κ2) is 3.67. The van der Waals surface area contributed by atoms with Crippen molar-refractivity contribution in [2.75, 3.05) is 0 Å². The zero-order chi connectivity index (χ0) is 9.97. The Bertz CT molecular complexity index is 427. The lowest BCUT2D eigenvalue weighted by Gasteiger charge is -2.03. The Morgan fingerprint density at radius 2 is 2.07 bits per heavy atom. The molecule has 1 aromatic heterocycles. The Balaban J connectivity index is 2.23. The van der Waals surface area contributed by atoms with Gasteiger partial charge in [-0.2, -0.15) is 0 Å². The highest BCUT2D eigenvalue weighted by atomic mass is 35.5. The maximum atomic E-state index is 11.3. The molecule has 0 aliphatic rings. The van der Waals surface area contributed by atoms with Gasteiger partial charge in [0.25, 0.3) is 5.15 Å². The van der Waals surface area contributed by atoms with Gasteiger partial charge in [0.1, 0.15) is 6.54 Å². The second-order valence-electron chi connectivity index (χ2n) is 2.86. The number of aromatic nitrogens is 3. The molecule has 0 aliphatic carbocycles. The van der Waals surface area contributed by atoms with E-state index in [0.29, 0.717) is 11.4 Å². The molecule has 2 rings (SSSR count). The average Bonchev–Trinajstić information content (AvgIpc) is 2.52. The van der Waals surface area contributed by atoms with Crippen molar-refractivity contribution in [1.82, 2.24) is 9.90 Å². The van der Waals surface area contributed by atoms with Gasteiger partial charge in [-0.1, -0.05) is 30.3 Å². The van der Waals surface area contributed by atoms with Crippen LogP contribution < -0.4 is 4.85 Å². The van der Waals surface area contributed by atoms with E-state index < -0.39 is 0 Å². The lowest BCUT2D eigenvalue weighted by molar-refractivity contribution is -0.696.